The lowest BCUT2D eigenvalue weighted by molar-refractivity contribution is 0.304. The number of hydrogen-bond acceptors (Lipinski definition) is 4. The second kappa shape index (κ2) is 4.94. The van der Waals surface area contributed by atoms with Crippen LogP contribution < -0.4 is 10.5 Å². The van der Waals surface area contributed by atoms with Gasteiger partial charge >= 0.3 is 0 Å². The summed E-state index contributed by atoms with van der Waals surface area (Å²) in [6, 6.07) is 12.8. The molecule has 0 fully saturated rings. The minimum atomic E-state index is 0.331. The van der Waals surface area contributed by atoms with Crippen molar-refractivity contribution in [1.82, 2.24) is 9.38 Å². The molecule has 0 bridgehead atoms. The van der Waals surface area contributed by atoms with Gasteiger partial charge in [0.25, 0.3) is 0 Å². The Morgan fingerprint density at radius 2 is 2.20 bits per heavy atom. The van der Waals surface area contributed by atoms with Crippen molar-refractivity contribution in [1.29, 1.82) is 5.26 Å². The van der Waals surface area contributed by atoms with Crippen LogP contribution in [0, 0.1) is 11.3 Å². The molecule has 98 valence electrons. The van der Waals surface area contributed by atoms with Crippen LogP contribution in [0.25, 0.3) is 5.65 Å². The minimum absolute atomic E-state index is 0.331. The van der Waals surface area contributed by atoms with E-state index in [1.807, 2.05) is 41.1 Å². The van der Waals surface area contributed by atoms with Crippen molar-refractivity contribution in [2.45, 2.75) is 6.61 Å². The van der Waals surface area contributed by atoms with Crippen LogP contribution in [0.3, 0.4) is 0 Å². The number of rotatable bonds is 3. The van der Waals surface area contributed by atoms with Gasteiger partial charge in [-0.15, -0.1) is 0 Å². The first-order chi connectivity index (χ1) is 9.76. The molecule has 3 rings (SSSR count). The maximum Gasteiger partial charge on any atom is 0.142 e. The smallest absolute Gasteiger partial charge is 0.142 e. The third-order valence-electron chi connectivity index (χ3n) is 2.93. The van der Waals surface area contributed by atoms with E-state index in [0.29, 0.717) is 23.6 Å². The number of ether oxygens (including phenoxy) is 1. The number of aromatic nitrogens is 2. The molecule has 0 unspecified atom stereocenters. The number of benzene rings is 1. The van der Waals surface area contributed by atoms with E-state index in [9.17, 15) is 0 Å². The Morgan fingerprint density at radius 1 is 1.30 bits per heavy atom. The predicted molar refractivity (Wildman–Crippen MR) is 75.1 cm³/mol. The lowest BCUT2D eigenvalue weighted by atomic mass is 10.2. The van der Waals surface area contributed by atoms with Crippen LogP contribution in [0.1, 0.15) is 11.3 Å². The second-order valence-corrected chi connectivity index (χ2v) is 4.35. The Kier molecular flexibility index (Phi) is 2.98. The highest BCUT2D eigenvalue weighted by molar-refractivity contribution is 5.56. The second-order valence-electron chi connectivity index (χ2n) is 4.35. The summed E-state index contributed by atoms with van der Waals surface area (Å²) in [5, 5.41) is 8.78. The number of nitrogens with zero attached hydrogens (tertiary/aromatic N) is 3. The van der Waals surface area contributed by atoms with Gasteiger partial charge in [-0.05, 0) is 30.3 Å². The van der Waals surface area contributed by atoms with Crippen LogP contribution in [0.2, 0.25) is 0 Å². The molecule has 0 amide bonds. The van der Waals surface area contributed by atoms with Crippen molar-refractivity contribution in [3.05, 3.63) is 60.0 Å². The predicted octanol–water partition coefficient (Wildman–Crippen LogP) is 2.37. The molecule has 0 radical (unpaired) electrons. The summed E-state index contributed by atoms with van der Waals surface area (Å²) < 4.78 is 7.57. The maximum atomic E-state index is 8.78. The third kappa shape index (κ3) is 2.27. The van der Waals surface area contributed by atoms with E-state index in [1.165, 1.54) is 0 Å². The van der Waals surface area contributed by atoms with Gasteiger partial charge in [0.05, 0.1) is 23.0 Å². The Labute approximate surface area is 115 Å². The van der Waals surface area contributed by atoms with Crippen molar-refractivity contribution >= 4 is 11.3 Å². The van der Waals surface area contributed by atoms with Gasteiger partial charge in [0.2, 0.25) is 0 Å². The summed E-state index contributed by atoms with van der Waals surface area (Å²) in [4.78, 5) is 4.44. The van der Waals surface area contributed by atoms with Gasteiger partial charge in [0.1, 0.15) is 18.0 Å². The van der Waals surface area contributed by atoms with Crippen molar-refractivity contribution in [2.75, 3.05) is 5.73 Å². The van der Waals surface area contributed by atoms with Gasteiger partial charge in [-0.25, -0.2) is 4.98 Å². The zero-order valence-corrected chi connectivity index (χ0v) is 10.7. The van der Waals surface area contributed by atoms with E-state index >= 15 is 0 Å². The fraction of sp³-hybridized carbons (Fsp3) is 0.0667. The van der Waals surface area contributed by atoms with Crippen LogP contribution >= 0.6 is 0 Å². The quantitative estimate of drug-likeness (QED) is 0.737. The molecule has 0 spiro atoms. The Bertz CT molecular complexity index is 768. The molecule has 5 nitrogen and oxygen atoms in total. The van der Waals surface area contributed by atoms with Crippen LogP contribution in [-0.2, 0) is 6.61 Å². The van der Waals surface area contributed by atoms with Gasteiger partial charge in [0.15, 0.2) is 0 Å². The van der Waals surface area contributed by atoms with Gasteiger partial charge in [-0.1, -0.05) is 6.07 Å². The minimum Gasteiger partial charge on any atom is -0.485 e. The molecular formula is C15H12N4O. The summed E-state index contributed by atoms with van der Waals surface area (Å²) >= 11 is 0. The topological polar surface area (TPSA) is 76.3 Å². The lowest BCUT2D eigenvalue weighted by Crippen LogP contribution is -1.99. The SMILES string of the molecule is N#Cc1ccc(OCc2cn3ccccc3n2)c(N)c1. The molecule has 1 aromatic carbocycles. The maximum absolute atomic E-state index is 8.78. The first-order valence-corrected chi connectivity index (χ1v) is 6.11. The fourth-order valence-corrected chi connectivity index (χ4v) is 1.96. The van der Waals surface area contributed by atoms with Gasteiger partial charge in [-0.3, -0.25) is 0 Å². The Balaban J connectivity index is 1.77. The van der Waals surface area contributed by atoms with Crippen LogP contribution in [-0.4, -0.2) is 9.38 Å². The Morgan fingerprint density at radius 3 is 2.95 bits per heavy atom. The normalized spacial score (nSPS) is 10.3. The summed E-state index contributed by atoms with van der Waals surface area (Å²) in [7, 11) is 0. The largest absolute Gasteiger partial charge is 0.485 e. The lowest BCUT2D eigenvalue weighted by Gasteiger charge is -2.07. The standard InChI is InChI=1S/C15H12N4O/c16-8-11-4-5-14(13(17)7-11)20-10-12-9-19-6-2-1-3-15(19)18-12/h1-7,9H,10,17H2. The Hall–Kier alpha value is -3.00. The summed E-state index contributed by atoms with van der Waals surface area (Å²) in [6.07, 6.45) is 3.84. The number of imidazole rings is 1. The molecule has 2 N–H and O–H groups in total. The van der Waals surface area contributed by atoms with Crippen molar-refractivity contribution in [3.63, 3.8) is 0 Å². The molecule has 3 aromatic rings. The molecule has 0 saturated carbocycles. The van der Waals surface area contributed by atoms with Gasteiger partial charge < -0.3 is 14.9 Å². The van der Waals surface area contributed by atoms with Crippen molar-refractivity contribution < 1.29 is 4.74 Å². The van der Waals surface area contributed by atoms with E-state index in [4.69, 9.17) is 15.7 Å². The summed E-state index contributed by atoms with van der Waals surface area (Å²) in [6.45, 7) is 0.331. The zero-order valence-electron chi connectivity index (χ0n) is 10.7. The molecule has 2 aromatic heterocycles. The third-order valence-corrected chi connectivity index (χ3v) is 2.93. The molecule has 2 heterocycles. The van der Waals surface area contributed by atoms with Crippen LogP contribution in [0.5, 0.6) is 5.75 Å². The first kappa shape index (κ1) is 12.1. The van der Waals surface area contributed by atoms with Crippen LogP contribution in [0.15, 0.2) is 48.8 Å². The van der Waals surface area contributed by atoms with E-state index in [-0.39, 0.29) is 0 Å². The van der Waals surface area contributed by atoms with Gasteiger partial charge in [0, 0.05) is 12.4 Å². The monoisotopic (exact) mass is 264 g/mol. The molecule has 0 aliphatic rings. The molecular weight excluding hydrogens is 252 g/mol. The molecule has 0 saturated heterocycles. The first-order valence-electron chi connectivity index (χ1n) is 6.11. The number of nitrogens with two attached hydrogens (primary N) is 1. The zero-order chi connectivity index (χ0) is 13.9. The molecule has 0 atom stereocenters. The number of fused-ring (bicyclic) bond motifs is 1. The average Bonchev–Trinajstić information content (AvgIpc) is 2.88. The van der Waals surface area contributed by atoms with Crippen LogP contribution in [0.4, 0.5) is 5.69 Å². The van der Waals surface area contributed by atoms with Gasteiger partial charge in [-0.2, -0.15) is 5.26 Å². The molecule has 0 aliphatic carbocycles. The van der Waals surface area contributed by atoms with E-state index in [1.54, 1.807) is 18.2 Å². The number of hydrogen-bond donors (Lipinski definition) is 1. The number of anilines is 1. The fourth-order valence-electron chi connectivity index (χ4n) is 1.96. The van der Waals surface area contributed by atoms with E-state index < -0.39 is 0 Å². The number of pyridine rings is 1. The van der Waals surface area contributed by atoms with E-state index in [2.05, 4.69) is 4.98 Å². The number of nitrogen functional groups attached to an aromatic ring is 1. The molecule has 5 heteroatoms. The summed E-state index contributed by atoms with van der Waals surface area (Å²) in [5.41, 5.74) is 8.50. The van der Waals surface area contributed by atoms with Crippen molar-refractivity contribution in [3.8, 4) is 11.8 Å². The molecule has 20 heavy (non-hydrogen) atoms. The summed E-state index contributed by atoms with van der Waals surface area (Å²) in [5.74, 6) is 0.557. The highest BCUT2D eigenvalue weighted by Crippen LogP contribution is 2.23. The highest BCUT2D eigenvalue weighted by atomic mass is 16.5. The highest BCUT2D eigenvalue weighted by Gasteiger charge is 2.05. The van der Waals surface area contributed by atoms with Crippen molar-refractivity contribution in [2.24, 2.45) is 0 Å². The average molecular weight is 264 g/mol. The molecule has 0 aliphatic heterocycles. The number of nitriles is 1. The van der Waals surface area contributed by atoms with E-state index in [0.717, 1.165) is 11.3 Å².